The molecule has 1 atom stereocenters. The molecule has 0 amide bonds. The Labute approximate surface area is 134 Å². The summed E-state index contributed by atoms with van der Waals surface area (Å²) >= 11 is 0. The van der Waals surface area contributed by atoms with E-state index in [1.54, 1.807) is 0 Å². The summed E-state index contributed by atoms with van der Waals surface area (Å²) in [6.07, 6.45) is 3.23. The van der Waals surface area contributed by atoms with Gasteiger partial charge in [-0.15, -0.1) is 0 Å². The molecule has 2 rings (SSSR count). The molecule has 0 saturated heterocycles. The number of rotatable bonds is 8. The van der Waals surface area contributed by atoms with Gasteiger partial charge in [0.15, 0.2) is 0 Å². The van der Waals surface area contributed by atoms with Gasteiger partial charge in [-0.2, -0.15) is 0 Å². The zero-order chi connectivity index (χ0) is 15.8. The van der Waals surface area contributed by atoms with Crippen molar-refractivity contribution >= 4 is 0 Å². The molecule has 0 radical (unpaired) electrons. The zero-order valence-corrected chi connectivity index (χ0v) is 13.7. The van der Waals surface area contributed by atoms with E-state index < -0.39 is 0 Å². The second kappa shape index (κ2) is 8.60. The maximum absolute atomic E-state index is 5.98. The van der Waals surface area contributed by atoms with Gasteiger partial charge in [-0.1, -0.05) is 55.3 Å². The minimum absolute atomic E-state index is 0.368. The standard InChI is InChI=1S/C20H27NO/c1-3-4-13-22-20-11-7-17(8-12-20)14-19(15-21)18-9-5-16(2)6-10-18/h5-12,19H,3-4,13-15,21H2,1-2H3. The Morgan fingerprint density at radius 2 is 1.68 bits per heavy atom. The minimum atomic E-state index is 0.368. The fourth-order valence-electron chi connectivity index (χ4n) is 2.52. The van der Waals surface area contributed by atoms with Gasteiger partial charge in [-0.05, 0) is 49.6 Å². The molecule has 2 heteroatoms. The Bertz CT molecular complexity index is 545. The summed E-state index contributed by atoms with van der Waals surface area (Å²) in [6, 6.07) is 17.1. The smallest absolute Gasteiger partial charge is 0.119 e. The van der Waals surface area contributed by atoms with E-state index in [1.807, 2.05) is 0 Å². The van der Waals surface area contributed by atoms with Crippen molar-refractivity contribution in [3.05, 3.63) is 65.2 Å². The van der Waals surface area contributed by atoms with Gasteiger partial charge in [0.25, 0.3) is 0 Å². The van der Waals surface area contributed by atoms with Crippen molar-refractivity contribution in [3.8, 4) is 5.75 Å². The molecule has 118 valence electrons. The maximum Gasteiger partial charge on any atom is 0.119 e. The van der Waals surface area contributed by atoms with Gasteiger partial charge in [0.1, 0.15) is 5.75 Å². The van der Waals surface area contributed by atoms with E-state index in [0.717, 1.165) is 31.6 Å². The normalized spacial score (nSPS) is 12.1. The number of unbranched alkanes of at least 4 members (excludes halogenated alkanes) is 1. The fraction of sp³-hybridized carbons (Fsp3) is 0.400. The summed E-state index contributed by atoms with van der Waals surface area (Å²) in [4.78, 5) is 0. The maximum atomic E-state index is 5.98. The molecule has 2 aromatic carbocycles. The highest BCUT2D eigenvalue weighted by atomic mass is 16.5. The second-order valence-corrected chi connectivity index (χ2v) is 5.89. The Morgan fingerprint density at radius 1 is 1.00 bits per heavy atom. The van der Waals surface area contributed by atoms with Crippen LogP contribution in [-0.2, 0) is 6.42 Å². The summed E-state index contributed by atoms with van der Waals surface area (Å²) in [6.45, 7) is 5.74. The molecule has 0 aromatic heterocycles. The van der Waals surface area contributed by atoms with Crippen molar-refractivity contribution in [1.82, 2.24) is 0 Å². The van der Waals surface area contributed by atoms with E-state index in [9.17, 15) is 0 Å². The number of nitrogens with two attached hydrogens (primary N) is 1. The summed E-state index contributed by atoms with van der Waals surface area (Å²) in [7, 11) is 0. The van der Waals surface area contributed by atoms with Crippen molar-refractivity contribution in [3.63, 3.8) is 0 Å². The summed E-state index contributed by atoms with van der Waals surface area (Å²) < 4.78 is 5.71. The quantitative estimate of drug-likeness (QED) is 0.730. The van der Waals surface area contributed by atoms with Crippen LogP contribution in [0.4, 0.5) is 0 Å². The first kappa shape index (κ1) is 16.6. The molecular formula is C20H27NO. The van der Waals surface area contributed by atoms with Crippen LogP contribution in [0, 0.1) is 6.92 Å². The van der Waals surface area contributed by atoms with Gasteiger partial charge in [0.05, 0.1) is 6.61 Å². The first-order chi connectivity index (χ1) is 10.7. The lowest BCUT2D eigenvalue weighted by Crippen LogP contribution is -2.15. The van der Waals surface area contributed by atoms with E-state index in [4.69, 9.17) is 10.5 Å². The van der Waals surface area contributed by atoms with Crippen molar-refractivity contribution < 1.29 is 4.74 Å². The third kappa shape index (κ3) is 4.88. The molecule has 0 spiro atoms. The molecule has 0 fully saturated rings. The Balaban J connectivity index is 1.97. The number of aryl methyl sites for hydroxylation is 1. The predicted octanol–water partition coefficient (Wildman–Crippen LogP) is 4.46. The van der Waals surface area contributed by atoms with Crippen LogP contribution in [0.25, 0.3) is 0 Å². The molecule has 0 aliphatic rings. The summed E-state index contributed by atoms with van der Waals surface area (Å²) in [5.41, 5.74) is 9.88. The monoisotopic (exact) mass is 297 g/mol. The van der Waals surface area contributed by atoms with Crippen LogP contribution in [0.2, 0.25) is 0 Å². The lowest BCUT2D eigenvalue weighted by Gasteiger charge is -2.16. The molecule has 0 saturated carbocycles. The average Bonchev–Trinajstić information content (AvgIpc) is 2.55. The number of benzene rings is 2. The van der Waals surface area contributed by atoms with Crippen LogP contribution < -0.4 is 10.5 Å². The Hall–Kier alpha value is -1.80. The minimum Gasteiger partial charge on any atom is -0.494 e. The third-order valence-electron chi connectivity index (χ3n) is 4.01. The van der Waals surface area contributed by atoms with Gasteiger partial charge < -0.3 is 10.5 Å². The van der Waals surface area contributed by atoms with Gasteiger partial charge >= 0.3 is 0 Å². The van der Waals surface area contributed by atoms with Gasteiger partial charge in [0, 0.05) is 5.92 Å². The third-order valence-corrected chi connectivity index (χ3v) is 4.01. The SMILES string of the molecule is CCCCOc1ccc(CC(CN)c2ccc(C)cc2)cc1. The predicted molar refractivity (Wildman–Crippen MR) is 93.5 cm³/mol. The van der Waals surface area contributed by atoms with E-state index in [-0.39, 0.29) is 0 Å². The first-order valence-corrected chi connectivity index (χ1v) is 8.21. The van der Waals surface area contributed by atoms with Crippen molar-refractivity contribution in [2.45, 2.75) is 39.0 Å². The van der Waals surface area contributed by atoms with Crippen molar-refractivity contribution in [2.75, 3.05) is 13.2 Å². The van der Waals surface area contributed by atoms with Crippen LogP contribution in [0.3, 0.4) is 0 Å². The summed E-state index contributed by atoms with van der Waals surface area (Å²) in [5, 5.41) is 0. The lowest BCUT2D eigenvalue weighted by atomic mass is 9.91. The van der Waals surface area contributed by atoms with Crippen LogP contribution in [0.15, 0.2) is 48.5 Å². The van der Waals surface area contributed by atoms with Crippen LogP contribution in [0.1, 0.15) is 42.4 Å². The number of ether oxygens (including phenoxy) is 1. The van der Waals surface area contributed by atoms with Gasteiger partial charge in [-0.3, -0.25) is 0 Å². The molecule has 0 bridgehead atoms. The second-order valence-electron chi connectivity index (χ2n) is 5.89. The van der Waals surface area contributed by atoms with E-state index in [1.165, 1.54) is 16.7 Å². The molecule has 0 heterocycles. The number of hydrogen-bond donors (Lipinski definition) is 1. The largest absolute Gasteiger partial charge is 0.494 e. The molecule has 0 aliphatic heterocycles. The molecule has 22 heavy (non-hydrogen) atoms. The average molecular weight is 297 g/mol. The molecular weight excluding hydrogens is 270 g/mol. The van der Waals surface area contributed by atoms with E-state index in [2.05, 4.69) is 62.4 Å². The van der Waals surface area contributed by atoms with E-state index >= 15 is 0 Å². The Morgan fingerprint density at radius 3 is 2.27 bits per heavy atom. The Kier molecular flexibility index (Phi) is 6.47. The first-order valence-electron chi connectivity index (χ1n) is 8.21. The van der Waals surface area contributed by atoms with Gasteiger partial charge in [0.2, 0.25) is 0 Å². The van der Waals surface area contributed by atoms with Crippen molar-refractivity contribution in [1.29, 1.82) is 0 Å². The van der Waals surface area contributed by atoms with Crippen molar-refractivity contribution in [2.24, 2.45) is 5.73 Å². The molecule has 2 nitrogen and oxygen atoms in total. The highest BCUT2D eigenvalue weighted by Gasteiger charge is 2.10. The van der Waals surface area contributed by atoms with E-state index in [0.29, 0.717) is 12.5 Å². The lowest BCUT2D eigenvalue weighted by molar-refractivity contribution is 0.309. The number of hydrogen-bond acceptors (Lipinski definition) is 2. The van der Waals surface area contributed by atoms with Crippen LogP contribution in [0.5, 0.6) is 5.75 Å². The highest BCUT2D eigenvalue weighted by Crippen LogP contribution is 2.22. The topological polar surface area (TPSA) is 35.2 Å². The highest BCUT2D eigenvalue weighted by molar-refractivity contribution is 5.31. The van der Waals surface area contributed by atoms with Crippen LogP contribution in [-0.4, -0.2) is 13.2 Å². The molecule has 1 unspecified atom stereocenters. The molecule has 2 N–H and O–H groups in total. The van der Waals surface area contributed by atoms with Gasteiger partial charge in [-0.25, -0.2) is 0 Å². The fourth-order valence-corrected chi connectivity index (χ4v) is 2.52. The molecule has 2 aromatic rings. The summed E-state index contributed by atoms with van der Waals surface area (Å²) in [5.74, 6) is 1.32. The van der Waals surface area contributed by atoms with Crippen LogP contribution >= 0.6 is 0 Å². The molecule has 0 aliphatic carbocycles. The zero-order valence-electron chi connectivity index (χ0n) is 13.7.